The normalized spacial score (nSPS) is 19.5. The SMILES string of the molecule is CC(=CC1=[N+](c2ccccc2)C(O)(c2ccccc2)CS1)Nc1ccc(Cl)cc1. The molecule has 1 aliphatic rings. The molecule has 0 bridgehead atoms. The smallest absolute Gasteiger partial charge is 0.307 e. The van der Waals surface area contributed by atoms with Crippen LogP contribution in [0, 0.1) is 0 Å². The van der Waals surface area contributed by atoms with Gasteiger partial charge in [0.05, 0.1) is 5.56 Å². The van der Waals surface area contributed by atoms with Crippen molar-refractivity contribution in [3.8, 4) is 0 Å². The Morgan fingerprint density at radius 3 is 2.28 bits per heavy atom. The summed E-state index contributed by atoms with van der Waals surface area (Å²) in [7, 11) is 0. The molecule has 1 unspecified atom stereocenters. The van der Waals surface area contributed by atoms with Gasteiger partial charge in [-0.05, 0) is 55.1 Å². The molecule has 0 aliphatic carbocycles. The van der Waals surface area contributed by atoms with Gasteiger partial charge in [-0.2, -0.15) is 4.58 Å². The van der Waals surface area contributed by atoms with Crippen LogP contribution in [0.2, 0.25) is 5.02 Å². The molecule has 0 spiro atoms. The molecular weight excluding hydrogens is 400 g/mol. The van der Waals surface area contributed by atoms with E-state index in [-0.39, 0.29) is 0 Å². The Kier molecular flexibility index (Phi) is 5.76. The summed E-state index contributed by atoms with van der Waals surface area (Å²) < 4.78 is 2.01. The van der Waals surface area contributed by atoms with E-state index in [4.69, 9.17) is 11.6 Å². The third-order valence-electron chi connectivity index (χ3n) is 4.79. The molecular formula is C24H22ClN2OS+. The molecule has 2 N–H and O–H groups in total. The zero-order chi connectivity index (χ0) is 20.3. The van der Waals surface area contributed by atoms with Gasteiger partial charge >= 0.3 is 5.72 Å². The van der Waals surface area contributed by atoms with Crippen molar-refractivity contribution >= 4 is 39.8 Å². The zero-order valence-corrected chi connectivity index (χ0v) is 17.6. The Morgan fingerprint density at radius 1 is 1.00 bits per heavy atom. The van der Waals surface area contributed by atoms with E-state index in [0.29, 0.717) is 10.8 Å². The topological polar surface area (TPSA) is 35.3 Å². The number of benzene rings is 3. The number of nitrogens with one attached hydrogen (secondary N) is 1. The van der Waals surface area contributed by atoms with Crippen LogP contribution >= 0.6 is 23.4 Å². The first-order chi connectivity index (χ1) is 14.1. The lowest BCUT2D eigenvalue weighted by molar-refractivity contribution is -0.592. The minimum Gasteiger partial charge on any atom is -0.359 e. The maximum absolute atomic E-state index is 11.7. The van der Waals surface area contributed by atoms with Crippen molar-refractivity contribution in [3.05, 3.63) is 107 Å². The molecule has 0 saturated carbocycles. The van der Waals surface area contributed by atoms with Gasteiger partial charge in [-0.25, -0.2) is 0 Å². The Morgan fingerprint density at radius 2 is 1.62 bits per heavy atom. The van der Waals surface area contributed by atoms with E-state index in [1.165, 1.54) is 0 Å². The van der Waals surface area contributed by atoms with Crippen LogP contribution in [0.3, 0.4) is 0 Å². The number of anilines is 1. The van der Waals surface area contributed by atoms with Crippen molar-refractivity contribution in [1.82, 2.24) is 0 Å². The lowest BCUT2D eigenvalue weighted by atomic mass is 10.0. The largest absolute Gasteiger partial charge is 0.359 e. The molecule has 4 rings (SSSR count). The Labute approximate surface area is 180 Å². The first-order valence-corrected chi connectivity index (χ1v) is 10.8. The lowest BCUT2D eigenvalue weighted by Gasteiger charge is -2.20. The minimum absolute atomic E-state index is 0.548. The van der Waals surface area contributed by atoms with Gasteiger partial charge in [0, 0.05) is 34.6 Å². The highest BCUT2D eigenvalue weighted by atomic mass is 35.5. The summed E-state index contributed by atoms with van der Waals surface area (Å²) in [4.78, 5) is 0. The molecule has 1 aliphatic heterocycles. The first kappa shape index (κ1) is 19.8. The van der Waals surface area contributed by atoms with Gasteiger partial charge in [-0.1, -0.05) is 48.0 Å². The van der Waals surface area contributed by atoms with Crippen LogP contribution in [0.4, 0.5) is 11.4 Å². The highest BCUT2D eigenvalue weighted by Gasteiger charge is 2.50. The second kappa shape index (κ2) is 8.46. The molecule has 3 nitrogen and oxygen atoms in total. The number of hydrogen-bond donors (Lipinski definition) is 2. The number of hydrogen-bond acceptors (Lipinski definition) is 3. The van der Waals surface area contributed by atoms with E-state index < -0.39 is 5.72 Å². The Balaban J connectivity index is 1.75. The number of nitrogens with zero attached hydrogens (tertiary/aromatic N) is 1. The molecule has 1 atom stereocenters. The molecule has 3 aromatic rings. The van der Waals surface area contributed by atoms with Crippen LogP contribution < -0.4 is 5.32 Å². The minimum atomic E-state index is -1.11. The van der Waals surface area contributed by atoms with Crippen molar-refractivity contribution < 1.29 is 9.68 Å². The molecule has 0 saturated heterocycles. The predicted molar refractivity (Wildman–Crippen MR) is 123 cm³/mol. The van der Waals surface area contributed by atoms with Crippen LogP contribution in [0.5, 0.6) is 0 Å². The fourth-order valence-electron chi connectivity index (χ4n) is 3.41. The summed E-state index contributed by atoms with van der Waals surface area (Å²) in [6.45, 7) is 2.02. The fraction of sp³-hybridized carbons (Fsp3) is 0.125. The van der Waals surface area contributed by atoms with Gasteiger partial charge in [0.15, 0.2) is 0 Å². The van der Waals surface area contributed by atoms with Crippen molar-refractivity contribution in [1.29, 1.82) is 0 Å². The number of rotatable bonds is 5. The summed E-state index contributed by atoms with van der Waals surface area (Å²) in [5.41, 5.74) is 2.67. The van der Waals surface area contributed by atoms with Crippen LogP contribution in [0.15, 0.2) is 96.7 Å². The zero-order valence-electron chi connectivity index (χ0n) is 16.0. The van der Waals surface area contributed by atoms with E-state index >= 15 is 0 Å². The average Bonchev–Trinajstić information content (AvgIpc) is 3.08. The number of aliphatic hydroxyl groups is 1. The Bertz CT molecular complexity index is 1050. The fourth-order valence-corrected chi connectivity index (χ4v) is 4.83. The van der Waals surface area contributed by atoms with Crippen molar-refractivity contribution in [2.24, 2.45) is 0 Å². The second-order valence-corrected chi connectivity index (χ2v) is 8.37. The lowest BCUT2D eigenvalue weighted by Crippen LogP contribution is -2.36. The molecule has 29 heavy (non-hydrogen) atoms. The molecule has 1 heterocycles. The van der Waals surface area contributed by atoms with Crippen molar-refractivity contribution in [2.45, 2.75) is 12.6 Å². The third-order valence-corrected chi connectivity index (χ3v) is 6.18. The highest BCUT2D eigenvalue weighted by molar-refractivity contribution is 8.14. The number of allylic oxidation sites excluding steroid dienone is 1. The maximum Gasteiger partial charge on any atom is 0.307 e. The molecule has 0 radical (unpaired) electrons. The molecule has 0 fully saturated rings. The van der Waals surface area contributed by atoms with Crippen LogP contribution in [-0.4, -0.2) is 20.5 Å². The van der Waals surface area contributed by atoms with E-state index in [9.17, 15) is 5.11 Å². The predicted octanol–water partition coefficient (Wildman–Crippen LogP) is 5.99. The van der Waals surface area contributed by atoms with Gasteiger partial charge in [0.1, 0.15) is 5.75 Å². The summed E-state index contributed by atoms with van der Waals surface area (Å²) in [6.07, 6.45) is 2.08. The van der Waals surface area contributed by atoms with Gasteiger partial charge in [0.2, 0.25) is 10.7 Å². The number of para-hydroxylation sites is 1. The summed E-state index contributed by atoms with van der Waals surface area (Å²) in [6, 6.07) is 27.5. The molecule has 3 aromatic carbocycles. The van der Waals surface area contributed by atoms with Crippen LogP contribution in [-0.2, 0) is 5.72 Å². The van der Waals surface area contributed by atoms with Gasteiger partial charge < -0.3 is 10.4 Å². The summed E-state index contributed by atoms with van der Waals surface area (Å²) in [5.74, 6) is 0.548. The average molecular weight is 422 g/mol. The van der Waals surface area contributed by atoms with E-state index in [2.05, 4.69) is 11.4 Å². The van der Waals surface area contributed by atoms with E-state index in [0.717, 1.165) is 27.7 Å². The summed E-state index contributed by atoms with van der Waals surface area (Å²) >= 11 is 7.62. The van der Waals surface area contributed by atoms with Crippen molar-refractivity contribution in [2.75, 3.05) is 11.1 Å². The number of halogens is 1. The standard InChI is InChI=1S/C24H21ClN2OS/c1-18(26-21-14-12-20(25)13-15-21)16-23-27(22-10-6-3-7-11-22)24(28,17-29-23)19-8-4-2-5-9-19/h2-16,28H,17H2,1H3/p+1. The van der Waals surface area contributed by atoms with E-state index in [1.807, 2.05) is 96.4 Å². The molecule has 146 valence electrons. The van der Waals surface area contributed by atoms with E-state index in [1.54, 1.807) is 11.8 Å². The third kappa shape index (κ3) is 4.25. The quantitative estimate of drug-likeness (QED) is 0.496. The van der Waals surface area contributed by atoms with Gasteiger partial charge in [0.25, 0.3) is 0 Å². The Hall–Kier alpha value is -2.53. The highest BCUT2D eigenvalue weighted by Crippen LogP contribution is 2.39. The summed E-state index contributed by atoms with van der Waals surface area (Å²) in [5, 5.41) is 16.8. The molecule has 0 aromatic heterocycles. The first-order valence-electron chi connectivity index (χ1n) is 9.40. The second-order valence-electron chi connectivity index (χ2n) is 6.94. The van der Waals surface area contributed by atoms with Crippen LogP contribution in [0.25, 0.3) is 0 Å². The monoisotopic (exact) mass is 421 g/mol. The van der Waals surface area contributed by atoms with Crippen LogP contribution in [0.1, 0.15) is 12.5 Å². The number of thioether (sulfide) groups is 1. The van der Waals surface area contributed by atoms with Gasteiger partial charge in [-0.15, -0.1) is 0 Å². The van der Waals surface area contributed by atoms with Crippen molar-refractivity contribution in [3.63, 3.8) is 0 Å². The van der Waals surface area contributed by atoms with Gasteiger partial charge in [-0.3, -0.25) is 0 Å². The molecule has 0 amide bonds. The molecule has 5 heteroatoms. The maximum atomic E-state index is 11.7.